The van der Waals surface area contributed by atoms with Crippen molar-refractivity contribution < 1.29 is 5.11 Å². The zero-order valence-electron chi connectivity index (χ0n) is 14.7. The number of nitrogens with zero attached hydrogens (tertiary/aromatic N) is 3. The summed E-state index contributed by atoms with van der Waals surface area (Å²) in [6.45, 7) is 2.11. The van der Waals surface area contributed by atoms with Crippen LogP contribution in [0.25, 0.3) is 33.3 Å². The third kappa shape index (κ3) is 2.77. The third-order valence-corrected chi connectivity index (χ3v) is 4.74. The molecule has 3 aromatic carbocycles. The van der Waals surface area contributed by atoms with Gasteiger partial charge in [-0.05, 0) is 46.9 Å². The largest absolute Gasteiger partial charge is 0.374 e. The van der Waals surface area contributed by atoms with E-state index in [-0.39, 0.29) is 0 Å². The smallest absolute Gasteiger partial charge is 0.130 e. The van der Waals surface area contributed by atoms with Crippen molar-refractivity contribution in [2.24, 2.45) is 12.8 Å². The second-order valence-electron chi connectivity index (χ2n) is 6.48. The van der Waals surface area contributed by atoms with Gasteiger partial charge in [-0.15, -0.1) is 5.10 Å². The van der Waals surface area contributed by atoms with Gasteiger partial charge in [0.05, 0.1) is 5.52 Å². The maximum Gasteiger partial charge on any atom is 0.130 e. The van der Waals surface area contributed by atoms with E-state index in [0.29, 0.717) is 11.1 Å². The molecular weight excluding hydrogens is 324 g/mol. The lowest BCUT2D eigenvalue weighted by molar-refractivity contribution is 0.187. The molecule has 0 fully saturated rings. The number of benzene rings is 3. The van der Waals surface area contributed by atoms with Gasteiger partial charge in [-0.2, -0.15) is 0 Å². The van der Waals surface area contributed by atoms with E-state index in [1.807, 2.05) is 25.2 Å². The van der Waals surface area contributed by atoms with Crippen LogP contribution in [0.2, 0.25) is 0 Å². The summed E-state index contributed by atoms with van der Waals surface area (Å²) in [6, 6.07) is 20.6. The highest BCUT2D eigenvalue weighted by molar-refractivity contribution is 5.85. The van der Waals surface area contributed by atoms with Crippen LogP contribution in [0.15, 0.2) is 60.7 Å². The Bertz CT molecular complexity index is 1080. The molecule has 0 aliphatic carbocycles. The molecule has 1 atom stereocenters. The van der Waals surface area contributed by atoms with E-state index < -0.39 is 6.23 Å². The minimum Gasteiger partial charge on any atom is -0.374 e. The van der Waals surface area contributed by atoms with Crippen LogP contribution in [-0.2, 0) is 7.05 Å². The van der Waals surface area contributed by atoms with E-state index >= 15 is 0 Å². The van der Waals surface area contributed by atoms with Crippen LogP contribution in [0.5, 0.6) is 0 Å². The number of hydrogen-bond acceptors (Lipinski definition) is 4. The highest BCUT2D eigenvalue weighted by Crippen LogP contribution is 2.31. The summed E-state index contributed by atoms with van der Waals surface area (Å²) in [5.41, 5.74) is 13.4. The van der Waals surface area contributed by atoms with Crippen LogP contribution in [-0.4, -0.2) is 20.1 Å². The first-order chi connectivity index (χ1) is 12.5. The van der Waals surface area contributed by atoms with Gasteiger partial charge in [0, 0.05) is 12.6 Å². The van der Waals surface area contributed by atoms with Gasteiger partial charge in [0.2, 0.25) is 0 Å². The van der Waals surface area contributed by atoms with Gasteiger partial charge in [0.1, 0.15) is 11.7 Å². The average molecular weight is 344 g/mol. The molecule has 0 aliphatic heterocycles. The van der Waals surface area contributed by atoms with Gasteiger partial charge in [-0.3, -0.25) is 0 Å². The summed E-state index contributed by atoms with van der Waals surface area (Å²) < 4.78 is 1.69. The quantitative estimate of drug-likeness (QED) is 0.557. The molecule has 4 rings (SSSR count). The summed E-state index contributed by atoms with van der Waals surface area (Å²) in [4.78, 5) is 0. The van der Waals surface area contributed by atoms with Crippen molar-refractivity contribution in [3.8, 4) is 22.3 Å². The molecule has 0 saturated heterocycles. The zero-order valence-corrected chi connectivity index (χ0v) is 14.7. The fourth-order valence-corrected chi connectivity index (χ4v) is 3.29. The van der Waals surface area contributed by atoms with Gasteiger partial charge in [0.25, 0.3) is 0 Å². The number of aliphatic hydroxyl groups excluding tert-OH is 1. The number of hydrogen-bond donors (Lipinski definition) is 2. The number of aryl methyl sites for hydroxylation is 2. The number of rotatable bonds is 3. The predicted octanol–water partition coefficient (Wildman–Crippen LogP) is 3.56. The molecule has 0 saturated carbocycles. The maximum atomic E-state index is 9.93. The lowest BCUT2D eigenvalue weighted by atomic mass is 9.96. The molecule has 3 N–H and O–H groups in total. The average Bonchev–Trinajstić information content (AvgIpc) is 3.02. The molecule has 130 valence electrons. The van der Waals surface area contributed by atoms with Gasteiger partial charge in [-0.25, -0.2) is 4.68 Å². The Morgan fingerprint density at radius 3 is 2.35 bits per heavy atom. The number of fused-ring (bicyclic) bond motifs is 1. The first-order valence-electron chi connectivity index (χ1n) is 8.48. The molecule has 0 spiro atoms. The summed E-state index contributed by atoms with van der Waals surface area (Å²) in [5.74, 6) is 0. The Labute approximate surface area is 151 Å². The van der Waals surface area contributed by atoms with Crippen LogP contribution in [0.4, 0.5) is 0 Å². The second-order valence-corrected chi connectivity index (χ2v) is 6.48. The maximum absolute atomic E-state index is 9.93. The van der Waals surface area contributed by atoms with E-state index in [1.54, 1.807) is 4.68 Å². The highest BCUT2D eigenvalue weighted by Gasteiger charge is 2.14. The van der Waals surface area contributed by atoms with Crippen molar-refractivity contribution >= 4 is 11.0 Å². The summed E-state index contributed by atoms with van der Waals surface area (Å²) in [7, 11) is 1.83. The van der Waals surface area contributed by atoms with Crippen LogP contribution in [0, 0.1) is 6.92 Å². The minimum atomic E-state index is -1.10. The van der Waals surface area contributed by atoms with Crippen LogP contribution >= 0.6 is 0 Å². The van der Waals surface area contributed by atoms with Crippen molar-refractivity contribution in [2.45, 2.75) is 13.2 Å². The number of aromatic nitrogens is 3. The fraction of sp³-hybridized carbons (Fsp3) is 0.143. The Morgan fingerprint density at radius 1 is 0.962 bits per heavy atom. The van der Waals surface area contributed by atoms with E-state index in [2.05, 4.69) is 59.7 Å². The van der Waals surface area contributed by atoms with Gasteiger partial charge >= 0.3 is 0 Å². The van der Waals surface area contributed by atoms with E-state index in [1.165, 1.54) is 16.7 Å². The van der Waals surface area contributed by atoms with Gasteiger partial charge in [-0.1, -0.05) is 53.7 Å². The van der Waals surface area contributed by atoms with E-state index in [4.69, 9.17) is 5.73 Å². The van der Waals surface area contributed by atoms with Gasteiger partial charge in [0.15, 0.2) is 0 Å². The predicted molar refractivity (Wildman–Crippen MR) is 103 cm³/mol. The molecule has 0 amide bonds. The molecule has 5 nitrogen and oxygen atoms in total. The van der Waals surface area contributed by atoms with Crippen LogP contribution in [0.1, 0.15) is 17.4 Å². The summed E-state index contributed by atoms with van der Waals surface area (Å²) >= 11 is 0. The molecule has 26 heavy (non-hydrogen) atoms. The van der Waals surface area contributed by atoms with E-state index in [9.17, 15) is 5.11 Å². The normalized spacial score (nSPS) is 12.5. The number of nitrogens with two attached hydrogens (primary N) is 1. The topological polar surface area (TPSA) is 77.0 Å². The van der Waals surface area contributed by atoms with Crippen LogP contribution < -0.4 is 5.73 Å². The SMILES string of the molecule is Cc1ccccc1-c1ccc(-c2cc(C(N)O)c3nnn(C)c3c2)cc1. The Hall–Kier alpha value is -3.02. The summed E-state index contributed by atoms with van der Waals surface area (Å²) in [5, 5.41) is 18.1. The first-order valence-corrected chi connectivity index (χ1v) is 8.48. The monoisotopic (exact) mass is 344 g/mol. The van der Waals surface area contributed by atoms with Crippen LogP contribution in [0.3, 0.4) is 0 Å². The van der Waals surface area contributed by atoms with Gasteiger partial charge < -0.3 is 10.8 Å². The molecule has 0 bridgehead atoms. The molecule has 1 unspecified atom stereocenters. The first kappa shape index (κ1) is 16.4. The van der Waals surface area contributed by atoms with Crippen molar-refractivity contribution in [3.05, 3.63) is 71.8 Å². The Kier molecular flexibility index (Phi) is 4.03. The third-order valence-electron chi connectivity index (χ3n) is 4.74. The molecule has 5 heteroatoms. The van der Waals surface area contributed by atoms with Crippen molar-refractivity contribution in [2.75, 3.05) is 0 Å². The standard InChI is InChI=1S/C21H20N4O/c1-13-5-3-4-6-17(13)15-9-7-14(8-10-15)16-11-18(21(22)26)20-19(12-16)25(2)24-23-20/h3-12,21,26H,22H2,1-2H3. The lowest BCUT2D eigenvalue weighted by Gasteiger charge is -2.11. The second kappa shape index (κ2) is 6.37. The number of aliphatic hydroxyl groups is 1. The Balaban J connectivity index is 1.81. The molecule has 4 aromatic rings. The minimum absolute atomic E-state index is 0.577. The zero-order chi connectivity index (χ0) is 18.3. The molecule has 1 aromatic heterocycles. The van der Waals surface area contributed by atoms with Crippen molar-refractivity contribution in [1.82, 2.24) is 15.0 Å². The molecule has 0 aliphatic rings. The Morgan fingerprint density at radius 2 is 1.65 bits per heavy atom. The molecular formula is C21H20N4O. The fourth-order valence-electron chi connectivity index (χ4n) is 3.29. The summed E-state index contributed by atoms with van der Waals surface area (Å²) in [6.07, 6.45) is -1.10. The molecule has 0 radical (unpaired) electrons. The molecule has 1 heterocycles. The highest BCUT2D eigenvalue weighted by atomic mass is 16.3. The van der Waals surface area contributed by atoms with Crippen molar-refractivity contribution in [3.63, 3.8) is 0 Å². The lowest BCUT2D eigenvalue weighted by Crippen LogP contribution is -2.09. The van der Waals surface area contributed by atoms with Crippen molar-refractivity contribution in [1.29, 1.82) is 0 Å². The van der Waals surface area contributed by atoms with E-state index in [0.717, 1.165) is 16.6 Å².